The fraction of sp³-hybridized carbons (Fsp3) is 0.294. The molecule has 0 radical (unpaired) electrons. The van der Waals surface area contributed by atoms with Crippen molar-refractivity contribution in [3.63, 3.8) is 0 Å². The number of nitrogens with one attached hydrogen (secondary N) is 2. The molecule has 4 nitrogen and oxygen atoms in total. The molecule has 0 fully saturated rings. The van der Waals surface area contributed by atoms with Gasteiger partial charge in [0.2, 0.25) is 0 Å². The van der Waals surface area contributed by atoms with Crippen molar-refractivity contribution in [3.8, 4) is 0 Å². The SMILES string of the molecule is C[NH+](C)CC[NH+](C)C.[Mg+2].c1ccc(C[N-]Cc2ccccc2)cc1.c1ccc(C[N-]Cc2ccccc2)cc1. The molecular formula is C34H46MgN4+2. The molecule has 0 atom stereocenters. The molecule has 39 heavy (non-hydrogen) atoms. The van der Waals surface area contributed by atoms with Crippen LogP contribution in [0.1, 0.15) is 22.3 Å². The van der Waals surface area contributed by atoms with Crippen molar-refractivity contribution in [1.82, 2.24) is 0 Å². The maximum atomic E-state index is 4.51. The fourth-order valence-electron chi connectivity index (χ4n) is 3.46. The quantitative estimate of drug-likeness (QED) is 0.267. The van der Waals surface area contributed by atoms with Crippen molar-refractivity contribution in [1.29, 1.82) is 0 Å². The molecule has 0 aliphatic carbocycles. The van der Waals surface area contributed by atoms with Crippen LogP contribution in [0.25, 0.3) is 10.6 Å². The molecule has 0 spiro atoms. The Hall–Kier alpha value is -2.51. The molecule has 4 aromatic carbocycles. The Bertz CT molecular complexity index is 891. The molecular weight excluding hydrogens is 489 g/mol. The van der Waals surface area contributed by atoms with Gasteiger partial charge >= 0.3 is 23.1 Å². The minimum absolute atomic E-state index is 0. The zero-order valence-corrected chi connectivity index (χ0v) is 25.8. The first-order chi connectivity index (χ1) is 18.5. The zero-order chi connectivity index (χ0) is 27.3. The first-order valence-corrected chi connectivity index (χ1v) is 13.5. The number of nitrogens with zero attached hydrogens (tertiary/aromatic N) is 2. The van der Waals surface area contributed by atoms with Gasteiger partial charge in [0.25, 0.3) is 0 Å². The number of quaternary nitrogens is 2. The Balaban J connectivity index is 0.000000304. The topological polar surface area (TPSA) is 37.1 Å². The summed E-state index contributed by atoms with van der Waals surface area (Å²) < 4.78 is 0. The van der Waals surface area contributed by atoms with E-state index >= 15 is 0 Å². The standard InChI is InChI=1S/2C14H14N.C6H16N2.Mg/c2*1-3-7-13(8-4-1)11-15-12-14-9-5-2-6-10-14;1-7(2)5-6-8(3)4;/h2*1-10H,11-12H2;5-6H2,1-4H3;/q2*-1;;+2/p+2. The van der Waals surface area contributed by atoms with E-state index in [9.17, 15) is 0 Å². The normalized spacial score (nSPS) is 10.1. The molecule has 0 aliphatic heterocycles. The number of rotatable bonds is 11. The minimum atomic E-state index is 0. The van der Waals surface area contributed by atoms with E-state index in [2.05, 4.69) is 87.4 Å². The first kappa shape index (κ1) is 34.5. The van der Waals surface area contributed by atoms with Gasteiger partial charge in [0.15, 0.2) is 0 Å². The Kier molecular flexibility index (Phi) is 19.8. The Morgan fingerprint density at radius 2 is 0.590 bits per heavy atom. The molecule has 4 rings (SSSR count). The van der Waals surface area contributed by atoms with E-state index in [1.807, 2.05) is 72.8 Å². The third-order valence-electron chi connectivity index (χ3n) is 5.67. The third kappa shape index (κ3) is 18.4. The predicted molar refractivity (Wildman–Crippen MR) is 168 cm³/mol. The van der Waals surface area contributed by atoms with Crippen molar-refractivity contribution >= 4 is 23.1 Å². The molecule has 0 saturated heterocycles. The van der Waals surface area contributed by atoms with Gasteiger partial charge in [-0.25, -0.2) is 0 Å². The van der Waals surface area contributed by atoms with Crippen molar-refractivity contribution in [2.24, 2.45) is 0 Å². The second-order valence-electron chi connectivity index (χ2n) is 9.94. The van der Waals surface area contributed by atoms with Gasteiger partial charge in [-0.2, -0.15) is 0 Å². The van der Waals surface area contributed by atoms with Gasteiger partial charge in [0.05, 0.1) is 28.2 Å². The van der Waals surface area contributed by atoms with Crippen LogP contribution in [0, 0.1) is 0 Å². The average molecular weight is 535 g/mol. The van der Waals surface area contributed by atoms with Gasteiger partial charge < -0.3 is 20.4 Å². The molecule has 4 aromatic rings. The molecule has 5 heteroatoms. The van der Waals surface area contributed by atoms with Gasteiger partial charge in [-0.15, -0.1) is 26.2 Å². The number of hydrogen-bond donors (Lipinski definition) is 2. The van der Waals surface area contributed by atoms with Crippen LogP contribution in [0.4, 0.5) is 0 Å². The van der Waals surface area contributed by atoms with Crippen molar-refractivity contribution in [2.75, 3.05) is 41.3 Å². The van der Waals surface area contributed by atoms with Crippen LogP contribution in [0.15, 0.2) is 121 Å². The monoisotopic (exact) mass is 534 g/mol. The van der Waals surface area contributed by atoms with Crippen LogP contribution in [0.5, 0.6) is 0 Å². The molecule has 0 bridgehead atoms. The maximum Gasteiger partial charge on any atom is 2.00 e. The maximum absolute atomic E-state index is 4.51. The summed E-state index contributed by atoms with van der Waals surface area (Å²) in [5, 5.41) is 9.02. The zero-order valence-electron chi connectivity index (χ0n) is 24.4. The predicted octanol–water partition coefficient (Wildman–Crippen LogP) is 4.42. The summed E-state index contributed by atoms with van der Waals surface area (Å²) in [7, 11) is 8.73. The second kappa shape index (κ2) is 22.3. The van der Waals surface area contributed by atoms with Crippen LogP contribution in [0.3, 0.4) is 0 Å². The molecule has 0 heterocycles. The molecule has 202 valence electrons. The van der Waals surface area contributed by atoms with E-state index in [4.69, 9.17) is 0 Å². The average Bonchev–Trinajstić information content (AvgIpc) is 2.95. The van der Waals surface area contributed by atoms with Crippen LogP contribution in [-0.4, -0.2) is 64.3 Å². The molecule has 0 aliphatic rings. The van der Waals surface area contributed by atoms with Gasteiger partial charge in [-0.3, -0.25) is 0 Å². The molecule has 0 amide bonds. The van der Waals surface area contributed by atoms with Crippen LogP contribution < -0.4 is 9.80 Å². The van der Waals surface area contributed by atoms with Crippen LogP contribution in [0.2, 0.25) is 0 Å². The first-order valence-electron chi connectivity index (χ1n) is 13.5. The van der Waals surface area contributed by atoms with Crippen LogP contribution in [-0.2, 0) is 26.2 Å². The smallest absolute Gasteiger partial charge is 0.655 e. The fourth-order valence-corrected chi connectivity index (χ4v) is 3.46. The summed E-state index contributed by atoms with van der Waals surface area (Å²) >= 11 is 0. The van der Waals surface area contributed by atoms with Crippen molar-refractivity contribution in [3.05, 3.63) is 154 Å². The summed E-state index contributed by atoms with van der Waals surface area (Å²) in [6.45, 7) is 5.74. The Labute approximate surface area is 253 Å². The summed E-state index contributed by atoms with van der Waals surface area (Å²) in [5.74, 6) is 0. The van der Waals surface area contributed by atoms with E-state index in [0.29, 0.717) is 0 Å². The summed E-state index contributed by atoms with van der Waals surface area (Å²) in [6.07, 6.45) is 0. The van der Waals surface area contributed by atoms with E-state index in [1.165, 1.54) is 45.1 Å². The summed E-state index contributed by atoms with van der Waals surface area (Å²) in [4.78, 5) is 3.07. The van der Waals surface area contributed by atoms with Gasteiger partial charge in [0.1, 0.15) is 13.1 Å². The largest absolute Gasteiger partial charge is 2.00 e. The summed E-state index contributed by atoms with van der Waals surface area (Å²) in [5.41, 5.74) is 5.09. The van der Waals surface area contributed by atoms with Crippen molar-refractivity contribution < 1.29 is 9.80 Å². The van der Waals surface area contributed by atoms with Crippen molar-refractivity contribution in [2.45, 2.75) is 26.2 Å². The van der Waals surface area contributed by atoms with E-state index in [1.54, 1.807) is 0 Å². The number of hydrogen-bond acceptors (Lipinski definition) is 0. The van der Waals surface area contributed by atoms with Gasteiger partial charge in [-0.1, -0.05) is 144 Å². The van der Waals surface area contributed by atoms with E-state index < -0.39 is 0 Å². The van der Waals surface area contributed by atoms with E-state index in [0.717, 1.165) is 26.2 Å². The Morgan fingerprint density at radius 1 is 0.385 bits per heavy atom. The molecule has 0 aromatic heterocycles. The van der Waals surface area contributed by atoms with Gasteiger partial charge in [0, 0.05) is 0 Å². The third-order valence-corrected chi connectivity index (χ3v) is 5.67. The van der Waals surface area contributed by atoms with Crippen LogP contribution >= 0.6 is 0 Å². The Morgan fingerprint density at radius 3 is 0.769 bits per heavy atom. The second-order valence-corrected chi connectivity index (χ2v) is 9.94. The number of likely N-dealkylation sites (N-methyl/N-ethyl adjacent to an activating group) is 2. The summed E-state index contributed by atoms with van der Waals surface area (Å²) in [6, 6.07) is 41.4. The molecule has 0 saturated carbocycles. The van der Waals surface area contributed by atoms with E-state index in [-0.39, 0.29) is 23.1 Å². The minimum Gasteiger partial charge on any atom is -0.655 e. The van der Waals surface area contributed by atoms with Gasteiger partial charge in [-0.05, 0) is 0 Å². The molecule has 2 N–H and O–H groups in total. The number of benzene rings is 4. The molecule has 0 unspecified atom stereocenters.